The second-order valence-electron chi connectivity index (χ2n) is 4.52. The average molecular weight is 320 g/mol. The number of hydrogen-bond donors (Lipinski definition) is 1. The van der Waals surface area contributed by atoms with Crippen LogP contribution in [0.5, 0.6) is 0 Å². The van der Waals surface area contributed by atoms with E-state index in [9.17, 15) is 0 Å². The smallest absolute Gasteiger partial charge is 0.184 e. The Kier molecular flexibility index (Phi) is 3.77. The van der Waals surface area contributed by atoms with Gasteiger partial charge in [-0.25, -0.2) is 4.68 Å². The zero-order valence-electron chi connectivity index (χ0n) is 10.9. The number of nitrogens with zero attached hydrogens (tertiary/aromatic N) is 4. The van der Waals surface area contributed by atoms with Crippen molar-refractivity contribution in [1.29, 1.82) is 0 Å². The van der Waals surface area contributed by atoms with Crippen LogP contribution in [0, 0.1) is 0 Å². The fourth-order valence-corrected chi connectivity index (χ4v) is 2.29. The third-order valence-electron chi connectivity index (χ3n) is 3.03. The van der Waals surface area contributed by atoms with Crippen LogP contribution >= 0.6 is 23.2 Å². The first-order valence-corrected chi connectivity index (χ1v) is 6.95. The first-order chi connectivity index (χ1) is 10.1. The molecule has 3 rings (SSSR count). The van der Waals surface area contributed by atoms with Crippen LogP contribution in [0.3, 0.4) is 0 Å². The van der Waals surface area contributed by atoms with Crippen LogP contribution < -0.4 is 5.73 Å². The summed E-state index contributed by atoms with van der Waals surface area (Å²) in [6, 6.07) is 12.7. The predicted molar refractivity (Wildman–Crippen MR) is 83.2 cm³/mol. The van der Waals surface area contributed by atoms with Crippen molar-refractivity contribution in [3.63, 3.8) is 0 Å². The summed E-state index contributed by atoms with van der Waals surface area (Å²) < 4.78 is 1.67. The van der Waals surface area contributed by atoms with Crippen LogP contribution in [0.15, 0.2) is 42.5 Å². The monoisotopic (exact) mass is 319 g/mol. The molecule has 0 radical (unpaired) electrons. The number of benzene rings is 2. The maximum atomic E-state index is 6.02. The van der Waals surface area contributed by atoms with Crippen molar-refractivity contribution in [3.8, 4) is 11.4 Å². The van der Waals surface area contributed by atoms with Crippen molar-refractivity contribution >= 4 is 28.9 Å². The summed E-state index contributed by atoms with van der Waals surface area (Å²) in [5.41, 5.74) is 8.30. The van der Waals surface area contributed by atoms with E-state index in [0.29, 0.717) is 33.7 Å². The molecule has 106 valence electrons. The summed E-state index contributed by atoms with van der Waals surface area (Å²) in [5.74, 6) is 0.574. The molecule has 0 amide bonds. The molecule has 0 spiro atoms. The lowest BCUT2D eigenvalue weighted by Gasteiger charge is -2.07. The van der Waals surface area contributed by atoms with E-state index in [4.69, 9.17) is 28.9 Å². The highest BCUT2D eigenvalue weighted by Gasteiger charge is 2.13. The number of anilines is 1. The Balaban J connectivity index is 1.97. The molecule has 2 aromatic carbocycles. The van der Waals surface area contributed by atoms with E-state index in [1.54, 1.807) is 22.9 Å². The molecule has 0 saturated carbocycles. The van der Waals surface area contributed by atoms with Crippen LogP contribution in [0.1, 0.15) is 5.56 Å². The normalized spacial score (nSPS) is 10.8. The number of nitrogen functional groups attached to an aromatic ring is 1. The van der Waals surface area contributed by atoms with Gasteiger partial charge in [-0.3, -0.25) is 0 Å². The van der Waals surface area contributed by atoms with Crippen molar-refractivity contribution in [2.45, 2.75) is 6.54 Å². The Morgan fingerprint density at radius 2 is 1.71 bits per heavy atom. The van der Waals surface area contributed by atoms with E-state index in [0.717, 1.165) is 5.56 Å². The third-order valence-corrected chi connectivity index (χ3v) is 3.52. The Morgan fingerprint density at radius 1 is 1.00 bits per heavy atom. The van der Waals surface area contributed by atoms with Crippen LogP contribution in [-0.2, 0) is 6.54 Å². The summed E-state index contributed by atoms with van der Waals surface area (Å²) in [4.78, 5) is 0. The molecule has 3 aromatic rings. The van der Waals surface area contributed by atoms with E-state index in [1.165, 1.54) is 0 Å². The van der Waals surface area contributed by atoms with Gasteiger partial charge in [0.1, 0.15) is 0 Å². The summed E-state index contributed by atoms with van der Waals surface area (Å²) >= 11 is 11.9. The molecule has 5 nitrogen and oxygen atoms in total. The lowest BCUT2D eigenvalue weighted by molar-refractivity contribution is 0.653. The number of halogens is 2. The van der Waals surface area contributed by atoms with Gasteiger partial charge in [0.2, 0.25) is 0 Å². The third kappa shape index (κ3) is 2.99. The summed E-state index contributed by atoms with van der Waals surface area (Å²) in [5, 5.41) is 13.0. The lowest BCUT2D eigenvalue weighted by atomic mass is 10.1. The van der Waals surface area contributed by atoms with Gasteiger partial charge in [0, 0.05) is 21.3 Å². The molecule has 7 heteroatoms. The quantitative estimate of drug-likeness (QED) is 0.752. The number of nitrogens with two attached hydrogens (primary N) is 1. The van der Waals surface area contributed by atoms with Gasteiger partial charge in [0.25, 0.3) is 0 Å². The molecular weight excluding hydrogens is 309 g/mol. The molecule has 0 aliphatic carbocycles. The summed E-state index contributed by atoms with van der Waals surface area (Å²) in [6.07, 6.45) is 0. The zero-order chi connectivity index (χ0) is 14.8. The molecule has 0 unspecified atom stereocenters. The lowest BCUT2D eigenvalue weighted by Crippen LogP contribution is -2.05. The minimum absolute atomic E-state index is 0.519. The first kappa shape index (κ1) is 13.9. The molecule has 0 atom stereocenters. The van der Waals surface area contributed by atoms with E-state index < -0.39 is 0 Å². The Hall–Kier alpha value is -2.11. The van der Waals surface area contributed by atoms with Gasteiger partial charge in [0.05, 0.1) is 6.54 Å². The predicted octanol–water partition coefficient (Wildman–Crippen LogP) is 3.28. The first-order valence-electron chi connectivity index (χ1n) is 6.19. The van der Waals surface area contributed by atoms with E-state index >= 15 is 0 Å². The molecule has 0 aliphatic rings. The molecular formula is C14H11Cl2N5. The summed E-state index contributed by atoms with van der Waals surface area (Å²) in [7, 11) is 0. The van der Waals surface area contributed by atoms with Crippen LogP contribution in [0.25, 0.3) is 11.4 Å². The minimum atomic E-state index is 0.519. The highest BCUT2D eigenvalue weighted by Crippen LogP contribution is 2.27. The Bertz CT molecular complexity index is 767. The van der Waals surface area contributed by atoms with Gasteiger partial charge in [-0.15, -0.1) is 5.10 Å². The van der Waals surface area contributed by atoms with Gasteiger partial charge in [-0.2, -0.15) is 0 Å². The largest absolute Gasteiger partial charge is 0.398 e. The van der Waals surface area contributed by atoms with Crippen molar-refractivity contribution in [3.05, 3.63) is 58.1 Å². The SMILES string of the molecule is Nc1ccc(Cl)cc1-c1nnnn1Cc1ccc(Cl)cc1. The molecule has 0 aliphatic heterocycles. The number of aromatic nitrogens is 4. The Morgan fingerprint density at radius 3 is 2.48 bits per heavy atom. The number of hydrogen-bond acceptors (Lipinski definition) is 4. The standard InChI is InChI=1S/C14H11Cl2N5/c15-10-3-1-9(2-4-10)8-21-14(18-19-20-21)12-7-11(16)5-6-13(12)17/h1-7H,8,17H2. The van der Waals surface area contributed by atoms with Gasteiger partial charge in [-0.05, 0) is 46.3 Å². The zero-order valence-corrected chi connectivity index (χ0v) is 12.4. The van der Waals surface area contributed by atoms with E-state index in [-0.39, 0.29) is 0 Å². The molecule has 0 fully saturated rings. The van der Waals surface area contributed by atoms with Gasteiger partial charge in [0.15, 0.2) is 5.82 Å². The van der Waals surface area contributed by atoms with Crippen LogP contribution in [0.4, 0.5) is 5.69 Å². The number of tetrazole rings is 1. The van der Waals surface area contributed by atoms with Crippen LogP contribution in [0.2, 0.25) is 10.0 Å². The highest BCUT2D eigenvalue weighted by molar-refractivity contribution is 6.31. The highest BCUT2D eigenvalue weighted by atomic mass is 35.5. The van der Waals surface area contributed by atoms with Gasteiger partial charge in [-0.1, -0.05) is 35.3 Å². The maximum absolute atomic E-state index is 6.02. The minimum Gasteiger partial charge on any atom is -0.398 e. The fourth-order valence-electron chi connectivity index (χ4n) is 1.99. The van der Waals surface area contributed by atoms with Crippen molar-refractivity contribution < 1.29 is 0 Å². The molecule has 1 aromatic heterocycles. The molecule has 2 N–H and O–H groups in total. The van der Waals surface area contributed by atoms with Crippen molar-refractivity contribution in [2.75, 3.05) is 5.73 Å². The fraction of sp³-hybridized carbons (Fsp3) is 0.0714. The topological polar surface area (TPSA) is 69.6 Å². The van der Waals surface area contributed by atoms with Crippen molar-refractivity contribution in [2.24, 2.45) is 0 Å². The molecule has 0 saturated heterocycles. The van der Waals surface area contributed by atoms with E-state index in [2.05, 4.69) is 15.5 Å². The number of rotatable bonds is 3. The Labute approximate surface area is 131 Å². The maximum Gasteiger partial charge on any atom is 0.184 e. The average Bonchev–Trinajstić information content (AvgIpc) is 2.92. The molecule has 21 heavy (non-hydrogen) atoms. The second kappa shape index (κ2) is 5.71. The van der Waals surface area contributed by atoms with E-state index in [1.807, 2.05) is 24.3 Å². The van der Waals surface area contributed by atoms with Gasteiger partial charge >= 0.3 is 0 Å². The van der Waals surface area contributed by atoms with Crippen LogP contribution in [-0.4, -0.2) is 20.2 Å². The summed E-state index contributed by atoms with van der Waals surface area (Å²) in [6.45, 7) is 0.519. The molecule has 0 bridgehead atoms. The van der Waals surface area contributed by atoms with Crippen molar-refractivity contribution in [1.82, 2.24) is 20.2 Å². The second-order valence-corrected chi connectivity index (χ2v) is 5.39. The molecule has 1 heterocycles. The van der Waals surface area contributed by atoms with Gasteiger partial charge < -0.3 is 5.73 Å².